The Labute approximate surface area is 137 Å². The van der Waals surface area contributed by atoms with Gasteiger partial charge < -0.3 is 9.67 Å². The van der Waals surface area contributed by atoms with E-state index in [2.05, 4.69) is 9.97 Å². The second-order valence-electron chi connectivity index (χ2n) is 6.37. The number of aromatic nitrogens is 5. The van der Waals surface area contributed by atoms with Crippen LogP contribution in [0.15, 0.2) is 34.2 Å². The highest BCUT2D eigenvalue weighted by Gasteiger charge is 2.18. The number of rotatable bonds is 3. The van der Waals surface area contributed by atoms with E-state index in [1.54, 1.807) is 50.8 Å². The van der Waals surface area contributed by atoms with Gasteiger partial charge in [-0.05, 0) is 25.5 Å². The first-order chi connectivity index (χ1) is 11.2. The van der Waals surface area contributed by atoms with Gasteiger partial charge in [-0.2, -0.15) is 0 Å². The van der Waals surface area contributed by atoms with Crippen LogP contribution in [-0.4, -0.2) is 28.8 Å². The predicted octanol–water partition coefficient (Wildman–Crippen LogP) is 0.104. The van der Waals surface area contributed by atoms with Crippen molar-refractivity contribution in [2.24, 2.45) is 14.1 Å². The predicted molar refractivity (Wildman–Crippen MR) is 88.8 cm³/mol. The van der Waals surface area contributed by atoms with Crippen LogP contribution in [0.1, 0.15) is 25.1 Å². The van der Waals surface area contributed by atoms with Crippen LogP contribution >= 0.6 is 0 Å². The molecule has 3 heterocycles. The summed E-state index contributed by atoms with van der Waals surface area (Å²) >= 11 is 0. The SMILES string of the molecule is Cn1cnc2c1c(=O)n(Cc1ccc(C(C)(C)O)nc1)c(=O)n2C. The van der Waals surface area contributed by atoms with Crippen LogP contribution in [0.2, 0.25) is 0 Å². The number of fused-ring (bicyclic) bond motifs is 1. The second kappa shape index (κ2) is 5.41. The van der Waals surface area contributed by atoms with E-state index in [9.17, 15) is 14.7 Å². The van der Waals surface area contributed by atoms with E-state index < -0.39 is 11.3 Å². The minimum atomic E-state index is -1.04. The first-order valence-electron chi connectivity index (χ1n) is 7.49. The molecule has 0 radical (unpaired) electrons. The Morgan fingerprint density at radius 3 is 2.46 bits per heavy atom. The summed E-state index contributed by atoms with van der Waals surface area (Å²) in [6.07, 6.45) is 3.07. The van der Waals surface area contributed by atoms with Crippen LogP contribution in [0.4, 0.5) is 0 Å². The molecule has 126 valence electrons. The lowest BCUT2D eigenvalue weighted by Crippen LogP contribution is -2.39. The van der Waals surface area contributed by atoms with Crippen LogP contribution in [0.3, 0.4) is 0 Å². The van der Waals surface area contributed by atoms with Crippen LogP contribution in [-0.2, 0) is 26.2 Å². The fraction of sp³-hybridized carbons (Fsp3) is 0.375. The summed E-state index contributed by atoms with van der Waals surface area (Å²) in [6, 6.07) is 3.44. The Bertz CT molecular complexity index is 1020. The monoisotopic (exact) mass is 329 g/mol. The number of aliphatic hydroxyl groups is 1. The average Bonchev–Trinajstić information content (AvgIpc) is 2.91. The molecule has 0 amide bonds. The summed E-state index contributed by atoms with van der Waals surface area (Å²) < 4.78 is 4.11. The molecule has 3 aromatic rings. The van der Waals surface area contributed by atoms with Gasteiger partial charge in [0, 0.05) is 20.3 Å². The molecule has 8 nitrogen and oxygen atoms in total. The molecule has 0 aliphatic heterocycles. The van der Waals surface area contributed by atoms with Gasteiger partial charge in [0.2, 0.25) is 0 Å². The molecule has 3 aromatic heterocycles. The topological polar surface area (TPSA) is 94.9 Å². The third-order valence-electron chi connectivity index (χ3n) is 3.99. The molecule has 3 rings (SSSR count). The van der Waals surface area contributed by atoms with Crippen molar-refractivity contribution < 1.29 is 5.11 Å². The molecular formula is C16H19N5O3. The summed E-state index contributed by atoms with van der Waals surface area (Å²) in [5.74, 6) is 0. The summed E-state index contributed by atoms with van der Waals surface area (Å²) in [6.45, 7) is 3.39. The van der Waals surface area contributed by atoms with Gasteiger partial charge in [0.25, 0.3) is 5.56 Å². The number of imidazole rings is 1. The van der Waals surface area contributed by atoms with Gasteiger partial charge in [0.15, 0.2) is 11.2 Å². The van der Waals surface area contributed by atoms with E-state index in [-0.39, 0.29) is 12.1 Å². The molecule has 0 aliphatic carbocycles. The van der Waals surface area contributed by atoms with Crippen LogP contribution in [0, 0.1) is 0 Å². The van der Waals surface area contributed by atoms with E-state index in [1.165, 1.54) is 10.9 Å². The summed E-state index contributed by atoms with van der Waals surface area (Å²) in [7, 11) is 3.30. The largest absolute Gasteiger partial charge is 0.384 e. The summed E-state index contributed by atoms with van der Waals surface area (Å²) in [5, 5.41) is 9.94. The minimum Gasteiger partial charge on any atom is -0.384 e. The summed E-state index contributed by atoms with van der Waals surface area (Å²) in [5.41, 5.74) is 0.0891. The van der Waals surface area contributed by atoms with Crippen molar-refractivity contribution in [2.45, 2.75) is 26.0 Å². The number of pyridine rings is 1. The van der Waals surface area contributed by atoms with Gasteiger partial charge in [-0.15, -0.1) is 0 Å². The Hall–Kier alpha value is -2.74. The van der Waals surface area contributed by atoms with Crippen LogP contribution < -0.4 is 11.2 Å². The third-order valence-corrected chi connectivity index (χ3v) is 3.99. The van der Waals surface area contributed by atoms with Crippen molar-refractivity contribution in [3.63, 3.8) is 0 Å². The zero-order chi connectivity index (χ0) is 17.6. The van der Waals surface area contributed by atoms with E-state index in [4.69, 9.17) is 0 Å². The Morgan fingerprint density at radius 1 is 1.17 bits per heavy atom. The summed E-state index contributed by atoms with van der Waals surface area (Å²) in [4.78, 5) is 33.4. The van der Waals surface area contributed by atoms with Gasteiger partial charge in [0.05, 0.1) is 18.6 Å². The van der Waals surface area contributed by atoms with Crippen LogP contribution in [0.25, 0.3) is 11.2 Å². The number of hydrogen-bond acceptors (Lipinski definition) is 5. The van der Waals surface area contributed by atoms with E-state index in [0.717, 1.165) is 4.57 Å². The number of aryl methyl sites for hydroxylation is 2. The maximum absolute atomic E-state index is 12.6. The van der Waals surface area contributed by atoms with Crippen LogP contribution in [0.5, 0.6) is 0 Å². The van der Waals surface area contributed by atoms with Gasteiger partial charge in [-0.3, -0.25) is 18.9 Å². The first kappa shape index (κ1) is 16.1. The second-order valence-corrected chi connectivity index (χ2v) is 6.37. The minimum absolute atomic E-state index is 0.103. The molecule has 0 saturated carbocycles. The van der Waals surface area contributed by atoms with Gasteiger partial charge >= 0.3 is 5.69 Å². The lowest BCUT2D eigenvalue weighted by atomic mass is 10.0. The molecule has 1 N–H and O–H groups in total. The van der Waals surface area contributed by atoms with E-state index in [1.807, 2.05) is 0 Å². The molecule has 8 heteroatoms. The molecule has 0 aromatic carbocycles. The highest BCUT2D eigenvalue weighted by atomic mass is 16.3. The standard InChI is InChI=1S/C16H19N5O3/c1-16(2,24)11-6-5-10(7-17-11)8-21-14(22)12-13(18-9-19(12)3)20(4)15(21)23/h5-7,9,24H,8H2,1-4H3. The normalized spacial score (nSPS) is 12.0. The lowest BCUT2D eigenvalue weighted by Gasteiger charge is -2.16. The average molecular weight is 329 g/mol. The highest BCUT2D eigenvalue weighted by molar-refractivity contribution is 5.69. The maximum atomic E-state index is 12.6. The first-order valence-corrected chi connectivity index (χ1v) is 7.49. The Morgan fingerprint density at radius 2 is 1.88 bits per heavy atom. The Balaban J connectivity index is 2.09. The van der Waals surface area contributed by atoms with Gasteiger partial charge in [-0.1, -0.05) is 6.07 Å². The molecule has 24 heavy (non-hydrogen) atoms. The smallest absolute Gasteiger partial charge is 0.332 e. The maximum Gasteiger partial charge on any atom is 0.332 e. The van der Waals surface area contributed by atoms with Crippen molar-refractivity contribution in [1.29, 1.82) is 0 Å². The third kappa shape index (κ3) is 2.54. The number of nitrogens with zero attached hydrogens (tertiary/aromatic N) is 5. The van der Waals surface area contributed by atoms with Crippen molar-refractivity contribution in [3.05, 3.63) is 56.8 Å². The molecule has 0 spiro atoms. The zero-order valence-electron chi connectivity index (χ0n) is 14.0. The van der Waals surface area contributed by atoms with Crippen molar-refractivity contribution in [3.8, 4) is 0 Å². The highest BCUT2D eigenvalue weighted by Crippen LogP contribution is 2.17. The molecule has 0 saturated heterocycles. The molecule has 0 atom stereocenters. The molecule has 0 fully saturated rings. The van der Waals surface area contributed by atoms with Crippen molar-refractivity contribution in [1.82, 2.24) is 23.7 Å². The van der Waals surface area contributed by atoms with Crippen molar-refractivity contribution in [2.75, 3.05) is 0 Å². The van der Waals surface area contributed by atoms with Crippen molar-refractivity contribution >= 4 is 11.2 Å². The van der Waals surface area contributed by atoms with Gasteiger partial charge in [-0.25, -0.2) is 9.78 Å². The van der Waals surface area contributed by atoms with E-state index >= 15 is 0 Å². The molecular weight excluding hydrogens is 310 g/mol. The quantitative estimate of drug-likeness (QED) is 0.735. The molecule has 0 aliphatic rings. The molecule has 0 bridgehead atoms. The number of hydrogen-bond donors (Lipinski definition) is 1. The fourth-order valence-electron chi connectivity index (χ4n) is 2.60. The van der Waals surface area contributed by atoms with E-state index in [0.29, 0.717) is 22.4 Å². The molecule has 0 unspecified atom stereocenters. The Kier molecular flexibility index (Phi) is 3.64. The lowest BCUT2D eigenvalue weighted by molar-refractivity contribution is 0.0738. The van der Waals surface area contributed by atoms with Gasteiger partial charge in [0.1, 0.15) is 5.60 Å². The zero-order valence-corrected chi connectivity index (χ0v) is 14.0. The fourth-order valence-corrected chi connectivity index (χ4v) is 2.60.